The summed E-state index contributed by atoms with van der Waals surface area (Å²) in [6.45, 7) is 1.29. The number of methoxy groups -OCH3 is 1. The van der Waals surface area contributed by atoms with Gasteiger partial charge in [0, 0.05) is 12.1 Å². The maximum atomic E-state index is 13.8. The first-order valence-electron chi connectivity index (χ1n) is 8.00. The van der Waals surface area contributed by atoms with E-state index in [4.69, 9.17) is 16.3 Å². The molecular weight excluding hydrogens is 395 g/mol. The molecule has 0 fully saturated rings. The summed E-state index contributed by atoms with van der Waals surface area (Å²) in [7, 11) is -1.16. The minimum absolute atomic E-state index is 0.0347. The Morgan fingerprint density at radius 2 is 1.89 bits per heavy atom. The average Bonchev–Trinajstić information content (AvgIpc) is 2.61. The van der Waals surface area contributed by atoms with Gasteiger partial charge in [0.2, 0.25) is 15.9 Å². The first-order valence-corrected chi connectivity index (χ1v) is 9.81. The number of sulfonamides is 1. The molecule has 0 spiro atoms. The molecule has 0 aliphatic carbocycles. The number of hydrogen-bond acceptors (Lipinski definition) is 4. The number of carbonyl (C=O) groups excluding carboxylic acids is 1. The lowest BCUT2D eigenvalue weighted by atomic mass is 10.1. The minimum atomic E-state index is -3.83. The van der Waals surface area contributed by atoms with Crippen LogP contribution in [0.4, 0.5) is 4.39 Å². The third-order valence-electron chi connectivity index (χ3n) is 3.94. The summed E-state index contributed by atoms with van der Waals surface area (Å²) in [6.07, 6.45) is 0. The number of halogens is 2. The third kappa shape index (κ3) is 5.18. The lowest BCUT2D eigenvalue weighted by Gasteiger charge is -2.19. The van der Waals surface area contributed by atoms with Gasteiger partial charge in [0.25, 0.3) is 0 Å². The summed E-state index contributed by atoms with van der Waals surface area (Å²) in [5.41, 5.74) is 0.532. The van der Waals surface area contributed by atoms with Crippen molar-refractivity contribution in [2.24, 2.45) is 0 Å². The predicted molar refractivity (Wildman–Crippen MR) is 101 cm³/mol. The Kier molecular flexibility index (Phi) is 6.80. The molecule has 2 rings (SSSR count). The van der Waals surface area contributed by atoms with Crippen molar-refractivity contribution in [3.05, 3.63) is 58.9 Å². The van der Waals surface area contributed by atoms with E-state index >= 15 is 0 Å². The van der Waals surface area contributed by atoms with Crippen molar-refractivity contribution in [1.82, 2.24) is 9.62 Å². The summed E-state index contributed by atoms with van der Waals surface area (Å²) in [4.78, 5) is 12.3. The lowest BCUT2D eigenvalue weighted by Crippen LogP contribution is -2.39. The van der Waals surface area contributed by atoms with Gasteiger partial charge in [-0.1, -0.05) is 17.7 Å². The average molecular weight is 415 g/mol. The Bertz CT molecular complexity index is 919. The summed E-state index contributed by atoms with van der Waals surface area (Å²) in [6, 6.07) is 9.50. The van der Waals surface area contributed by atoms with Crippen LogP contribution in [0.1, 0.15) is 18.5 Å². The quantitative estimate of drug-likeness (QED) is 0.755. The number of carbonyl (C=O) groups is 1. The van der Waals surface area contributed by atoms with Crippen LogP contribution in [-0.2, 0) is 14.8 Å². The molecule has 6 nitrogen and oxygen atoms in total. The Hall–Kier alpha value is -2.16. The molecule has 2 aromatic rings. The first kappa shape index (κ1) is 21.1. The normalized spacial score (nSPS) is 12.7. The highest BCUT2D eigenvalue weighted by molar-refractivity contribution is 7.89. The van der Waals surface area contributed by atoms with Crippen molar-refractivity contribution in [2.75, 3.05) is 20.7 Å². The Labute approximate surface area is 162 Å². The SMILES string of the molecule is COc1ccc(C(C)NC(=O)CN(C)S(=O)(=O)c2ccc(Cl)cc2)cc1F. The fraction of sp³-hybridized carbons (Fsp3) is 0.278. The van der Waals surface area contributed by atoms with E-state index in [-0.39, 0.29) is 17.2 Å². The van der Waals surface area contributed by atoms with E-state index in [0.717, 1.165) is 4.31 Å². The molecule has 1 amide bonds. The van der Waals surface area contributed by atoms with E-state index in [1.807, 2.05) is 0 Å². The van der Waals surface area contributed by atoms with Crippen molar-refractivity contribution in [1.29, 1.82) is 0 Å². The number of nitrogens with zero attached hydrogens (tertiary/aromatic N) is 1. The maximum absolute atomic E-state index is 13.8. The molecule has 1 N–H and O–H groups in total. The molecule has 0 saturated carbocycles. The monoisotopic (exact) mass is 414 g/mol. The van der Waals surface area contributed by atoms with E-state index in [0.29, 0.717) is 10.6 Å². The van der Waals surface area contributed by atoms with E-state index < -0.39 is 27.8 Å². The van der Waals surface area contributed by atoms with Gasteiger partial charge in [-0.2, -0.15) is 4.31 Å². The zero-order chi connectivity index (χ0) is 20.2. The molecule has 0 heterocycles. The van der Waals surface area contributed by atoms with Crippen molar-refractivity contribution < 1.29 is 22.3 Å². The fourth-order valence-corrected chi connectivity index (χ4v) is 3.65. The molecule has 0 aromatic heterocycles. The van der Waals surface area contributed by atoms with Gasteiger partial charge >= 0.3 is 0 Å². The molecule has 1 atom stereocenters. The van der Waals surface area contributed by atoms with Gasteiger partial charge in [0.15, 0.2) is 11.6 Å². The molecule has 9 heteroatoms. The van der Waals surface area contributed by atoms with Gasteiger partial charge in [-0.15, -0.1) is 0 Å². The highest BCUT2D eigenvalue weighted by Gasteiger charge is 2.23. The zero-order valence-electron chi connectivity index (χ0n) is 15.1. The van der Waals surface area contributed by atoms with Gasteiger partial charge in [-0.05, 0) is 48.9 Å². The van der Waals surface area contributed by atoms with Crippen molar-refractivity contribution in [3.8, 4) is 5.75 Å². The zero-order valence-corrected chi connectivity index (χ0v) is 16.6. The van der Waals surface area contributed by atoms with Crippen LogP contribution in [0, 0.1) is 5.82 Å². The van der Waals surface area contributed by atoms with Gasteiger partial charge < -0.3 is 10.1 Å². The standard InChI is InChI=1S/C18H20ClFN2O4S/c1-12(13-4-9-17(26-3)16(20)10-13)21-18(23)11-22(2)27(24,25)15-7-5-14(19)6-8-15/h4-10,12H,11H2,1-3H3,(H,21,23). The van der Waals surface area contributed by atoms with Crippen molar-refractivity contribution in [2.45, 2.75) is 17.9 Å². The van der Waals surface area contributed by atoms with E-state index in [2.05, 4.69) is 5.32 Å². The smallest absolute Gasteiger partial charge is 0.243 e. The first-order chi connectivity index (χ1) is 12.6. The fourth-order valence-electron chi connectivity index (χ4n) is 2.40. The molecule has 27 heavy (non-hydrogen) atoms. The second-order valence-electron chi connectivity index (χ2n) is 5.90. The van der Waals surface area contributed by atoms with Crippen LogP contribution >= 0.6 is 11.6 Å². The Morgan fingerprint density at radius 1 is 1.26 bits per heavy atom. The van der Waals surface area contributed by atoms with Crippen LogP contribution in [0.5, 0.6) is 5.75 Å². The predicted octanol–water partition coefficient (Wildman–Crippen LogP) is 2.99. The molecule has 0 aliphatic heterocycles. The molecule has 0 bridgehead atoms. The molecule has 2 aromatic carbocycles. The van der Waals surface area contributed by atoms with Crippen LogP contribution in [0.15, 0.2) is 47.4 Å². The molecule has 0 aliphatic rings. The number of ether oxygens (including phenoxy) is 1. The number of benzene rings is 2. The summed E-state index contributed by atoms with van der Waals surface area (Å²) in [5, 5.41) is 3.06. The van der Waals surface area contributed by atoms with Crippen molar-refractivity contribution >= 4 is 27.5 Å². The second-order valence-corrected chi connectivity index (χ2v) is 8.38. The number of nitrogens with one attached hydrogen (secondary N) is 1. The van der Waals surface area contributed by atoms with Gasteiger partial charge in [0.1, 0.15) is 0 Å². The van der Waals surface area contributed by atoms with Gasteiger partial charge in [0.05, 0.1) is 24.6 Å². The molecular formula is C18H20ClFN2O4S. The minimum Gasteiger partial charge on any atom is -0.494 e. The molecule has 146 valence electrons. The van der Waals surface area contributed by atoms with Gasteiger partial charge in [-0.3, -0.25) is 4.79 Å². The van der Waals surface area contributed by atoms with E-state index in [1.54, 1.807) is 13.0 Å². The lowest BCUT2D eigenvalue weighted by molar-refractivity contribution is -0.121. The van der Waals surface area contributed by atoms with Crippen LogP contribution in [0.25, 0.3) is 0 Å². The molecule has 0 saturated heterocycles. The Morgan fingerprint density at radius 3 is 2.44 bits per heavy atom. The maximum Gasteiger partial charge on any atom is 0.243 e. The van der Waals surface area contributed by atoms with E-state index in [9.17, 15) is 17.6 Å². The van der Waals surface area contributed by atoms with E-state index in [1.165, 1.54) is 50.6 Å². The number of likely N-dealkylation sites (N-methyl/N-ethyl adjacent to an activating group) is 1. The van der Waals surface area contributed by atoms with Crippen molar-refractivity contribution in [3.63, 3.8) is 0 Å². The number of rotatable bonds is 7. The second kappa shape index (κ2) is 8.69. The summed E-state index contributed by atoms with van der Waals surface area (Å²) >= 11 is 5.76. The molecule has 0 radical (unpaired) electrons. The highest BCUT2D eigenvalue weighted by atomic mass is 35.5. The van der Waals surface area contributed by atoms with Crippen LogP contribution in [-0.4, -0.2) is 39.3 Å². The largest absolute Gasteiger partial charge is 0.494 e. The number of hydrogen-bond donors (Lipinski definition) is 1. The van der Waals surface area contributed by atoms with Crippen LogP contribution in [0.2, 0.25) is 5.02 Å². The Balaban J connectivity index is 2.03. The summed E-state index contributed by atoms with van der Waals surface area (Å²) < 4.78 is 44.6. The number of amides is 1. The molecule has 1 unspecified atom stereocenters. The summed E-state index contributed by atoms with van der Waals surface area (Å²) in [5.74, 6) is -0.955. The third-order valence-corrected chi connectivity index (χ3v) is 6.01. The topological polar surface area (TPSA) is 75.7 Å². The highest BCUT2D eigenvalue weighted by Crippen LogP contribution is 2.22. The van der Waals surface area contributed by atoms with Crippen LogP contribution in [0.3, 0.4) is 0 Å². The van der Waals surface area contributed by atoms with Crippen LogP contribution < -0.4 is 10.1 Å². The van der Waals surface area contributed by atoms with Gasteiger partial charge in [-0.25, -0.2) is 12.8 Å².